The third kappa shape index (κ3) is 3.32. The number of carbonyl (C=O) groups excluding carboxylic acids is 1. The molecule has 0 aliphatic carbocycles. The van der Waals surface area contributed by atoms with Crippen molar-refractivity contribution < 1.29 is 4.79 Å². The van der Waals surface area contributed by atoms with E-state index >= 15 is 0 Å². The molecule has 0 atom stereocenters. The lowest BCUT2D eigenvalue weighted by Crippen LogP contribution is -2.22. The molecule has 2 rings (SSSR count). The summed E-state index contributed by atoms with van der Waals surface area (Å²) in [4.78, 5) is 15.3. The maximum Gasteiger partial charge on any atom is 0.260 e. The molecule has 5 nitrogen and oxygen atoms in total. The fourth-order valence-corrected chi connectivity index (χ4v) is 2.09. The Balaban J connectivity index is 1.88. The van der Waals surface area contributed by atoms with E-state index in [2.05, 4.69) is 15.5 Å². The molecule has 1 N–H and O–H groups in total. The first-order chi connectivity index (χ1) is 8.66. The van der Waals surface area contributed by atoms with Crippen LogP contribution in [0.2, 0.25) is 10.3 Å². The van der Waals surface area contributed by atoms with Crippen LogP contribution in [0.25, 0.3) is 0 Å². The largest absolute Gasteiger partial charge is 0.311 e. The van der Waals surface area contributed by atoms with Gasteiger partial charge in [0.05, 0.1) is 12.5 Å². The number of carbonyl (C=O) groups is 1. The Morgan fingerprint density at radius 1 is 1.61 bits per heavy atom. The van der Waals surface area contributed by atoms with Crippen molar-refractivity contribution in [2.45, 2.75) is 6.54 Å². The average molecular weight is 303 g/mol. The van der Waals surface area contributed by atoms with Crippen LogP contribution in [0.1, 0.15) is 5.56 Å². The predicted octanol–water partition coefficient (Wildman–Crippen LogP) is 2.40. The second kappa shape index (κ2) is 5.99. The summed E-state index contributed by atoms with van der Waals surface area (Å²) >= 11 is 13.0. The number of amides is 1. The topological polar surface area (TPSA) is 59.3 Å². The van der Waals surface area contributed by atoms with Gasteiger partial charge in [0.15, 0.2) is 5.15 Å². The minimum absolute atomic E-state index is 0.0134. The Kier molecular flexibility index (Phi) is 4.35. The highest BCUT2D eigenvalue weighted by atomic mass is 35.5. The summed E-state index contributed by atoms with van der Waals surface area (Å²) in [5.74, 6) is -0.308. The van der Waals surface area contributed by atoms with Crippen LogP contribution < -0.4 is 5.43 Å². The number of hydrogen-bond donors (Lipinski definition) is 1. The molecule has 0 bridgehead atoms. The van der Waals surface area contributed by atoms with Gasteiger partial charge in [-0.25, -0.2) is 10.4 Å². The summed E-state index contributed by atoms with van der Waals surface area (Å²) in [6, 6.07) is 1.90. The minimum Gasteiger partial charge on any atom is -0.311 e. The lowest BCUT2D eigenvalue weighted by molar-refractivity contribution is -0.121. The summed E-state index contributed by atoms with van der Waals surface area (Å²) in [6.07, 6.45) is 2.96. The van der Waals surface area contributed by atoms with Gasteiger partial charge in [-0.3, -0.25) is 4.79 Å². The molecule has 0 saturated heterocycles. The number of hydrogen-bond acceptors (Lipinski definition) is 4. The normalized spacial score (nSPS) is 11.0. The van der Waals surface area contributed by atoms with E-state index < -0.39 is 0 Å². The molecule has 0 radical (unpaired) electrons. The third-order valence-corrected chi connectivity index (χ3v) is 3.46. The number of halogens is 2. The number of nitrogens with zero attached hydrogens (tertiary/aromatic N) is 3. The molecular weight excluding hydrogens is 295 g/mol. The van der Waals surface area contributed by atoms with Gasteiger partial charge in [-0.2, -0.15) is 16.4 Å². The van der Waals surface area contributed by atoms with Gasteiger partial charge >= 0.3 is 0 Å². The maximum absolute atomic E-state index is 11.5. The average Bonchev–Trinajstić information content (AvgIpc) is 2.95. The van der Waals surface area contributed by atoms with Gasteiger partial charge in [0.1, 0.15) is 11.7 Å². The number of hydrazone groups is 1. The minimum atomic E-state index is -0.308. The van der Waals surface area contributed by atoms with E-state index in [1.165, 1.54) is 10.9 Å². The Bertz CT molecular complexity index is 564. The Morgan fingerprint density at radius 2 is 2.44 bits per heavy atom. The van der Waals surface area contributed by atoms with Crippen molar-refractivity contribution >= 4 is 46.7 Å². The first-order valence-corrected chi connectivity index (χ1v) is 6.57. The van der Waals surface area contributed by atoms with Crippen molar-refractivity contribution in [1.82, 2.24) is 15.0 Å². The third-order valence-electron chi connectivity index (χ3n) is 1.99. The molecule has 0 unspecified atom stereocenters. The van der Waals surface area contributed by atoms with Gasteiger partial charge in [-0.1, -0.05) is 23.2 Å². The van der Waals surface area contributed by atoms with Gasteiger partial charge < -0.3 is 4.57 Å². The summed E-state index contributed by atoms with van der Waals surface area (Å²) in [5, 5.41) is 8.07. The van der Waals surface area contributed by atoms with Crippen molar-refractivity contribution in [3.05, 3.63) is 39.0 Å². The Labute approximate surface area is 117 Å². The Morgan fingerprint density at radius 3 is 3.06 bits per heavy atom. The highest BCUT2D eigenvalue weighted by Crippen LogP contribution is 2.18. The van der Waals surface area contributed by atoms with Crippen LogP contribution in [0.5, 0.6) is 0 Å². The summed E-state index contributed by atoms with van der Waals surface area (Å²) in [5.41, 5.74) is 3.32. The van der Waals surface area contributed by atoms with Gasteiger partial charge in [-0.05, 0) is 16.8 Å². The van der Waals surface area contributed by atoms with Gasteiger partial charge in [0.2, 0.25) is 0 Å². The molecule has 2 heterocycles. The van der Waals surface area contributed by atoms with E-state index in [9.17, 15) is 4.79 Å². The standard InChI is InChI=1S/C10H8Cl2N4OS/c11-9-10(12)16(6-13-9)4-8(17)15-14-3-7-1-2-18-5-7/h1-3,5-6H,4H2,(H,15,17)/b14-3+. The number of aromatic nitrogens is 2. The fraction of sp³-hybridized carbons (Fsp3) is 0.100. The molecule has 0 spiro atoms. The highest BCUT2D eigenvalue weighted by molar-refractivity contribution is 7.08. The molecule has 2 aromatic heterocycles. The highest BCUT2D eigenvalue weighted by Gasteiger charge is 2.09. The lowest BCUT2D eigenvalue weighted by Gasteiger charge is -2.01. The predicted molar refractivity (Wildman–Crippen MR) is 72.3 cm³/mol. The van der Waals surface area contributed by atoms with Crippen molar-refractivity contribution in [2.24, 2.45) is 5.10 Å². The molecule has 0 aromatic carbocycles. The second-order valence-electron chi connectivity index (χ2n) is 3.30. The van der Waals surface area contributed by atoms with Crippen LogP contribution >= 0.6 is 34.5 Å². The zero-order valence-electron chi connectivity index (χ0n) is 9.01. The first kappa shape index (κ1) is 13.1. The van der Waals surface area contributed by atoms with Gasteiger partial charge in [0.25, 0.3) is 5.91 Å². The first-order valence-electron chi connectivity index (χ1n) is 4.87. The van der Waals surface area contributed by atoms with Gasteiger partial charge in [0, 0.05) is 5.56 Å². The molecule has 8 heteroatoms. The SMILES string of the molecule is O=C(Cn1cnc(Cl)c1Cl)N/N=C/c1ccsc1. The van der Waals surface area contributed by atoms with E-state index in [1.807, 2.05) is 16.8 Å². The summed E-state index contributed by atoms with van der Waals surface area (Å²) < 4.78 is 1.43. The van der Waals surface area contributed by atoms with Crippen LogP contribution in [-0.2, 0) is 11.3 Å². The van der Waals surface area contributed by atoms with Crippen LogP contribution in [0.3, 0.4) is 0 Å². The smallest absolute Gasteiger partial charge is 0.260 e. The monoisotopic (exact) mass is 302 g/mol. The molecule has 94 valence electrons. The quantitative estimate of drug-likeness (QED) is 0.696. The number of nitrogens with one attached hydrogen (secondary N) is 1. The van der Waals surface area contributed by atoms with Crippen LogP contribution in [0, 0.1) is 0 Å². The van der Waals surface area contributed by atoms with Gasteiger partial charge in [-0.15, -0.1) is 0 Å². The molecule has 0 aliphatic heterocycles. The number of imidazole rings is 1. The van der Waals surface area contributed by atoms with Crippen LogP contribution in [-0.4, -0.2) is 21.7 Å². The maximum atomic E-state index is 11.5. The van der Waals surface area contributed by atoms with Crippen molar-refractivity contribution in [3.63, 3.8) is 0 Å². The molecule has 0 saturated carbocycles. The number of rotatable bonds is 4. The molecule has 2 aromatic rings. The van der Waals surface area contributed by atoms with E-state index in [1.54, 1.807) is 17.6 Å². The van der Waals surface area contributed by atoms with Crippen molar-refractivity contribution in [1.29, 1.82) is 0 Å². The summed E-state index contributed by atoms with van der Waals surface area (Å²) in [6.45, 7) is 0.0134. The lowest BCUT2D eigenvalue weighted by atomic mass is 10.4. The van der Waals surface area contributed by atoms with Crippen molar-refractivity contribution in [3.8, 4) is 0 Å². The van der Waals surface area contributed by atoms with Crippen molar-refractivity contribution in [2.75, 3.05) is 0 Å². The van der Waals surface area contributed by atoms with Crippen LogP contribution in [0.15, 0.2) is 28.3 Å². The molecule has 1 amide bonds. The van der Waals surface area contributed by atoms with E-state index in [0.29, 0.717) is 0 Å². The molecule has 18 heavy (non-hydrogen) atoms. The summed E-state index contributed by atoms with van der Waals surface area (Å²) in [7, 11) is 0. The zero-order chi connectivity index (χ0) is 13.0. The molecular formula is C10H8Cl2N4OS. The van der Waals surface area contributed by atoms with Crippen LogP contribution in [0.4, 0.5) is 0 Å². The molecule has 0 aliphatic rings. The fourth-order valence-electron chi connectivity index (χ4n) is 1.17. The second-order valence-corrected chi connectivity index (χ2v) is 4.80. The van der Waals surface area contributed by atoms with E-state index in [0.717, 1.165) is 5.56 Å². The Hall–Kier alpha value is -1.37. The van der Waals surface area contributed by atoms with E-state index in [-0.39, 0.29) is 22.8 Å². The molecule has 0 fully saturated rings. The number of thiophene rings is 1. The zero-order valence-corrected chi connectivity index (χ0v) is 11.3. The van der Waals surface area contributed by atoms with E-state index in [4.69, 9.17) is 23.2 Å².